The lowest BCUT2D eigenvalue weighted by Crippen LogP contribution is -2.10. The third-order valence-electron chi connectivity index (χ3n) is 1.87. The summed E-state index contributed by atoms with van der Waals surface area (Å²) in [5, 5.41) is 5.22. The number of nitrogens with zero attached hydrogens (tertiary/aromatic N) is 2. The van der Waals surface area contributed by atoms with Gasteiger partial charge in [0, 0.05) is 18.2 Å². The Hall–Kier alpha value is -1.76. The van der Waals surface area contributed by atoms with Crippen molar-refractivity contribution < 1.29 is 9.00 Å². The molecule has 0 aliphatic rings. The number of anilines is 1. The highest BCUT2D eigenvalue weighted by Gasteiger charge is 2.06. The minimum absolute atomic E-state index is 0.208. The number of carbonyl (C=O) groups is 1. The standard InChI is InChI=1S/C10H13N3O3S/c1-7-4-5-8(12-15)6-9(7)11-10(14)13-17(2,3)16/h4-6H,1-3H3,(H,11,14). The highest BCUT2D eigenvalue weighted by atomic mass is 32.2. The van der Waals surface area contributed by atoms with E-state index in [2.05, 4.69) is 14.9 Å². The number of rotatable bonds is 2. The normalized spacial score (nSPS) is 10.8. The number of nitrogens with one attached hydrogen (secondary N) is 1. The number of carbonyl (C=O) groups excluding carboxylic acids is 1. The van der Waals surface area contributed by atoms with E-state index in [1.807, 2.05) is 0 Å². The fourth-order valence-corrected chi connectivity index (χ4v) is 1.58. The number of benzene rings is 1. The van der Waals surface area contributed by atoms with Gasteiger partial charge in [-0.3, -0.25) is 0 Å². The summed E-state index contributed by atoms with van der Waals surface area (Å²) in [6.45, 7) is 1.76. The molecule has 92 valence electrons. The van der Waals surface area contributed by atoms with Crippen molar-refractivity contribution >= 4 is 27.1 Å². The van der Waals surface area contributed by atoms with Crippen LogP contribution in [0.5, 0.6) is 0 Å². The van der Waals surface area contributed by atoms with Crippen LogP contribution in [0.15, 0.2) is 27.7 Å². The first kappa shape index (κ1) is 13.3. The zero-order valence-electron chi connectivity index (χ0n) is 9.76. The lowest BCUT2D eigenvalue weighted by atomic mass is 10.2. The Morgan fingerprint density at radius 3 is 2.53 bits per heavy atom. The summed E-state index contributed by atoms with van der Waals surface area (Å²) in [6.07, 6.45) is 2.73. The maximum Gasteiger partial charge on any atom is 0.353 e. The molecule has 7 heteroatoms. The zero-order valence-corrected chi connectivity index (χ0v) is 10.6. The third kappa shape index (κ3) is 4.31. The van der Waals surface area contributed by atoms with E-state index in [0.29, 0.717) is 5.69 Å². The van der Waals surface area contributed by atoms with Gasteiger partial charge in [-0.15, -0.1) is 9.27 Å². The average Bonchev–Trinajstić information content (AvgIpc) is 2.18. The van der Waals surface area contributed by atoms with Gasteiger partial charge in [-0.05, 0) is 29.8 Å². The molecule has 0 radical (unpaired) electrons. The van der Waals surface area contributed by atoms with Crippen LogP contribution in [0.3, 0.4) is 0 Å². The molecule has 1 rings (SSSR count). The van der Waals surface area contributed by atoms with Gasteiger partial charge in [0.25, 0.3) is 0 Å². The molecular formula is C10H13N3O3S. The molecule has 0 aliphatic carbocycles. The van der Waals surface area contributed by atoms with Gasteiger partial charge in [-0.1, -0.05) is 6.07 Å². The van der Waals surface area contributed by atoms with E-state index in [1.54, 1.807) is 13.0 Å². The Morgan fingerprint density at radius 1 is 1.35 bits per heavy atom. The molecule has 1 aromatic carbocycles. The molecule has 1 aromatic rings. The molecule has 1 N–H and O–H groups in total. The quantitative estimate of drug-likeness (QED) is 0.824. The molecule has 0 unspecified atom stereocenters. The molecule has 0 aromatic heterocycles. The number of urea groups is 1. The second-order valence-electron chi connectivity index (χ2n) is 3.79. The van der Waals surface area contributed by atoms with Crippen molar-refractivity contribution in [2.24, 2.45) is 9.54 Å². The van der Waals surface area contributed by atoms with Gasteiger partial charge in [-0.25, -0.2) is 9.00 Å². The van der Waals surface area contributed by atoms with Crippen molar-refractivity contribution in [2.75, 3.05) is 17.8 Å². The molecule has 0 heterocycles. The second kappa shape index (κ2) is 5.05. The minimum Gasteiger partial charge on any atom is -0.305 e. The van der Waals surface area contributed by atoms with Crippen LogP contribution in [0.25, 0.3) is 0 Å². The monoisotopic (exact) mass is 255 g/mol. The van der Waals surface area contributed by atoms with Crippen LogP contribution in [0.4, 0.5) is 16.2 Å². The highest BCUT2D eigenvalue weighted by Crippen LogP contribution is 2.22. The van der Waals surface area contributed by atoms with Gasteiger partial charge in [0.2, 0.25) is 0 Å². The molecule has 0 saturated carbocycles. The molecule has 0 saturated heterocycles. The predicted molar refractivity (Wildman–Crippen MR) is 68.1 cm³/mol. The first-order chi connectivity index (χ1) is 7.81. The van der Waals surface area contributed by atoms with Crippen molar-refractivity contribution in [3.63, 3.8) is 0 Å². The van der Waals surface area contributed by atoms with Gasteiger partial charge in [-0.2, -0.15) is 0 Å². The Morgan fingerprint density at radius 2 is 2.00 bits per heavy atom. The molecule has 0 aliphatic heterocycles. The summed E-state index contributed by atoms with van der Waals surface area (Å²) in [7, 11) is -2.49. The van der Waals surface area contributed by atoms with E-state index < -0.39 is 15.8 Å². The smallest absolute Gasteiger partial charge is 0.305 e. The molecule has 0 fully saturated rings. The van der Waals surface area contributed by atoms with Crippen molar-refractivity contribution in [1.29, 1.82) is 0 Å². The molecule has 0 spiro atoms. The lowest BCUT2D eigenvalue weighted by Gasteiger charge is -2.06. The summed E-state index contributed by atoms with van der Waals surface area (Å²) in [5.41, 5.74) is 1.40. The average molecular weight is 255 g/mol. The van der Waals surface area contributed by atoms with E-state index in [-0.39, 0.29) is 5.69 Å². The van der Waals surface area contributed by atoms with Crippen LogP contribution < -0.4 is 5.32 Å². The van der Waals surface area contributed by atoms with Crippen LogP contribution in [-0.2, 0) is 9.73 Å². The van der Waals surface area contributed by atoms with Crippen molar-refractivity contribution in [3.8, 4) is 0 Å². The first-order valence-electron chi connectivity index (χ1n) is 4.74. The van der Waals surface area contributed by atoms with Crippen LogP contribution >= 0.6 is 0 Å². The van der Waals surface area contributed by atoms with Gasteiger partial charge < -0.3 is 5.32 Å². The number of nitroso groups, excluding NO2 is 1. The topological polar surface area (TPSA) is 88.0 Å². The Kier molecular flexibility index (Phi) is 3.95. The van der Waals surface area contributed by atoms with Gasteiger partial charge in [0.1, 0.15) is 5.69 Å². The van der Waals surface area contributed by atoms with Crippen LogP contribution in [0, 0.1) is 11.8 Å². The van der Waals surface area contributed by atoms with Gasteiger partial charge >= 0.3 is 6.03 Å². The fourth-order valence-electron chi connectivity index (χ4n) is 1.14. The highest BCUT2D eigenvalue weighted by molar-refractivity contribution is 7.92. The van der Waals surface area contributed by atoms with E-state index in [1.165, 1.54) is 24.6 Å². The molecular weight excluding hydrogens is 242 g/mol. The van der Waals surface area contributed by atoms with E-state index >= 15 is 0 Å². The summed E-state index contributed by atoms with van der Waals surface area (Å²) < 4.78 is 14.8. The fraction of sp³-hybridized carbons (Fsp3) is 0.300. The Bertz CT molecular complexity index is 566. The number of amides is 2. The number of aryl methyl sites for hydroxylation is 1. The SMILES string of the molecule is Cc1ccc(N=O)cc1NC(=O)N=S(C)(C)=O. The molecule has 17 heavy (non-hydrogen) atoms. The van der Waals surface area contributed by atoms with Crippen molar-refractivity contribution in [1.82, 2.24) is 0 Å². The summed E-state index contributed by atoms with van der Waals surface area (Å²) in [6, 6.07) is 3.92. The van der Waals surface area contributed by atoms with Crippen LogP contribution in [0.1, 0.15) is 5.56 Å². The second-order valence-corrected chi connectivity index (χ2v) is 6.34. The molecule has 0 bridgehead atoms. The van der Waals surface area contributed by atoms with Gasteiger partial charge in [0.05, 0.1) is 9.73 Å². The summed E-state index contributed by atoms with van der Waals surface area (Å²) >= 11 is 0. The Balaban J connectivity index is 3.00. The van der Waals surface area contributed by atoms with Crippen LogP contribution in [-0.4, -0.2) is 22.8 Å². The first-order valence-corrected chi connectivity index (χ1v) is 7.07. The maximum absolute atomic E-state index is 11.4. The number of hydrogen-bond donors (Lipinski definition) is 1. The van der Waals surface area contributed by atoms with E-state index in [0.717, 1.165) is 5.56 Å². The van der Waals surface area contributed by atoms with Crippen molar-refractivity contribution in [2.45, 2.75) is 6.92 Å². The van der Waals surface area contributed by atoms with Crippen LogP contribution in [0.2, 0.25) is 0 Å². The minimum atomic E-state index is -2.49. The van der Waals surface area contributed by atoms with Crippen molar-refractivity contribution in [3.05, 3.63) is 28.7 Å². The molecule has 0 atom stereocenters. The molecule has 6 nitrogen and oxygen atoms in total. The summed E-state index contributed by atoms with van der Waals surface area (Å²) in [4.78, 5) is 21.8. The largest absolute Gasteiger partial charge is 0.353 e. The lowest BCUT2D eigenvalue weighted by molar-refractivity contribution is 0.260. The summed E-state index contributed by atoms with van der Waals surface area (Å²) in [5.74, 6) is 0. The third-order valence-corrected chi connectivity index (χ3v) is 2.48. The zero-order chi connectivity index (χ0) is 13.1. The molecule has 2 amide bonds. The van der Waals surface area contributed by atoms with E-state index in [4.69, 9.17) is 0 Å². The number of hydrogen-bond acceptors (Lipinski definition) is 4. The predicted octanol–water partition coefficient (Wildman–Crippen LogP) is 2.65. The van der Waals surface area contributed by atoms with Gasteiger partial charge in [0.15, 0.2) is 0 Å². The maximum atomic E-state index is 11.4. The Labute approximate surface area is 99.6 Å². The van der Waals surface area contributed by atoms with E-state index in [9.17, 15) is 13.9 Å².